The monoisotopic (exact) mass is 671 g/mol. The molecule has 0 aliphatic heterocycles. The van der Waals surface area contributed by atoms with Gasteiger partial charge in [0, 0.05) is 33.5 Å². The molecule has 250 valence electrons. The summed E-state index contributed by atoms with van der Waals surface area (Å²) >= 11 is 0. The molecule has 1 aromatic heterocycles. The number of nitrogens with zero attached hydrogens (tertiary/aromatic N) is 1. The van der Waals surface area contributed by atoms with E-state index >= 15 is 0 Å². The van der Waals surface area contributed by atoms with Crippen LogP contribution in [0.3, 0.4) is 0 Å². The number of hydrogen-bond acceptors (Lipinski definition) is 3. The normalized spacial score (nSPS) is 15.6. The van der Waals surface area contributed by atoms with E-state index in [4.69, 9.17) is 9.15 Å². The summed E-state index contributed by atoms with van der Waals surface area (Å²) in [5, 5.41) is 4.68. The molecule has 0 fully saturated rings. The minimum absolute atomic E-state index is 0.0898. The number of allylic oxidation sites excluding steroid dienone is 2. The molecular formula is C49H37NO2. The van der Waals surface area contributed by atoms with Crippen LogP contribution in [0, 0.1) is 0 Å². The van der Waals surface area contributed by atoms with E-state index in [2.05, 4.69) is 177 Å². The Morgan fingerprint density at radius 2 is 1.40 bits per heavy atom. The summed E-state index contributed by atoms with van der Waals surface area (Å²) in [6.45, 7) is 4.70. The minimum atomic E-state index is -0.217. The van der Waals surface area contributed by atoms with E-state index < -0.39 is 0 Å². The number of hydrogen-bond donors (Lipinski definition) is 0. The Morgan fingerprint density at radius 3 is 2.27 bits per heavy atom. The lowest BCUT2D eigenvalue weighted by Crippen LogP contribution is -2.30. The predicted octanol–water partition coefficient (Wildman–Crippen LogP) is 13.5. The Kier molecular flexibility index (Phi) is 6.97. The van der Waals surface area contributed by atoms with Crippen molar-refractivity contribution in [3.63, 3.8) is 0 Å². The Labute approximate surface area is 303 Å². The average molecular weight is 672 g/mol. The van der Waals surface area contributed by atoms with Gasteiger partial charge in [-0.3, -0.25) is 0 Å². The maximum Gasteiger partial charge on any atom is 0.151 e. The molecule has 52 heavy (non-hydrogen) atoms. The predicted molar refractivity (Wildman–Crippen MR) is 216 cm³/mol. The molecule has 0 radical (unpaired) electrons. The lowest BCUT2D eigenvalue weighted by molar-refractivity contribution is 0.483. The first kappa shape index (κ1) is 30.5. The number of furan rings is 1. The van der Waals surface area contributed by atoms with Gasteiger partial charge in [-0.2, -0.15) is 0 Å². The summed E-state index contributed by atoms with van der Waals surface area (Å²) in [5.74, 6) is 1.67. The van der Waals surface area contributed by atoms with Crippen molar-refractivity contribution in [3.05, 3.63) is 181 Å². The quantitative estimate of drug-likeness (QED) is 0.176. The van der Waals surface area contributed by atoms with Crippen LogP contribution in [0.2, 0.25) is 0 Å². The molecule has 0 N–H and O–H groups in total. The number of para-hydroxylation sites is 3. The van der Waals surface area contributed by atoms with Gasteiger partial charge in [-0.1, -0.05) is 135 Å². The van der Waals surface area contributed by atoms with Crippen LogP contribution in [0.15, 0.2) is 174 Å². The third-order valence-electron chi connectivity index (χ3n) is 11.0. The van der Waals surface area contributed by atoms with E-state index in [0.717, 1.165) is 51.2 Å². The van der Waals surface area contributed by atoms with Gasteiger partial charge < -0.3 is 14.1 Å². The van der Waals surface area contributed by atoms with Crippen LogP contribution in [0.25, 0.3) is 55.0 Å². The molecule has 0 bridgehead atoms. The topological polar surface area (TPSA) is 25.6 Å². The first-order chi connectivity index (χ1) is 25.5. The fourth-order valence-corrected chi connectivity index (χ4v) is 8.55. The maximum atomic E-state index is 7.28. The third kappa shape index (κ3) is 4.81. The van der Waals surface area contributed by atoms with E-state index in [1.54, 1.807) is 0 Å². The van der Waals surface area contributed by atoms with Gasteiger partial charge in [0.25, 0.3) is 0 Å². The van der Waals surface area contributed by atoms with Crippen LogP contribution in [0.5, 0.6) is 11.5 Å². The van der Waals surface area contributed by atoms with E-state index in [-0.39, 0.29) is 11.5 Å². The van der Waals surface area contributed by atoms with Crippen LogP contribution < -0.4 is 9.64 Å². The molecule has 10 rings (SSSR count). The summed E-state index contributed by atoms with van der Waals surface area (Å²) in [6.07, 6.45) is 9.65. The Hall–Kier alpha value is -6.32. The summed E-state index contributed by atoms with van der Waals surface area (Å²) in [4.78, 5) is 2.40. The van der Waals surface area contributed by atoms with Crippen molar-refractivity contribution in [2.75, 3.05) is 4.90 Å². The molecule has 7 aromatic carbocycles. The van der Waals surface area contributed by atoms with Gasteiger partial charge in [-0.05, 0) is 87.5 Å². The molecule has 0 saturated heterocycles. The lowest BCUT2D eigenvalue weighted by Gasteiger charge is -2.33. The minimum Gasteiger partial charge on any atom is -0.456 e. The largest absolute Gasteiger partial charge is 0.456 e. The van der Waals surface area contributed by atoms with Crippen LogP contribution in [-0.2, 0) is 5.41 Å². The zero-order valence-corrected chi connectivity index (χ0v) is 29.2. The van der Waals surface area contributed by atoms with Crippen LogP contribution in [-0.4, -0.2) is 6.04 Å². The zero-order valence-electron chi connectivity index (χ0n) is 29.2. The zero-order chi connectivity index (χ0) is 34.8. The smallest absolute Gasteiger partial charge is 0.151 e. The molecule has 2 aliphatic rings. The fourth-order valence-electron chi connectivity index (χ4n) is 8.55. The lowest BCUT2D eigenvalue weighted by atomic mass is 9.80. The Morgan fingerprint density at radius 1 is 0.635 bits per heavy atom. The second-order valence-corrected chi connectivity index (χ2v) is 14.4. The van der Waals surface area contributed by atoms with Gasteiger partial charge in [0.15, 0.2) is 5.75 Å². The van der Waals surface area contributed by atoms with Gasteiger partial charge in [0.1, 0.15) is 16.9 Å². The summed E-state index contributed by atoms with van der Waals surface area (Å²) in [7, 11) is 0. The first-order valence-corrected chi connectivity index (χ1v) is 18.1. The van der Waals surface area contributed by atoms with E-state index in [1.165, 1.54) is 44.2 Å². The summed E-state index contributed by atoms with van der Waals surface area (Å²) in [6, 6.07) is 51.9. The van der Waals surface area contributed by atoms with Gasteiger partial charge in [-0.15, -0.1) is 0 Å². The summed E-state index contributed by atoms with van der Waals surface area (Å²) in [5.41, 5.74) is 11.0. The van der Waals surface area contributed by atoms with Crippen LogP contribution in [0.1, 0.15) is 31.4 Å². The highest BCUT2D eigenvalue weighted by atomic mass is 16.5. The van der Waals surface area contributed by atoms with Crippen molar-refractivity contribution in [2.45, 2.75) is 31.7 Å². The molecule has 0 spiro atoms. The number of fused-ring (bicyclic) bond motifs is 8. The van der Waals surface area contributed by atoms with Crippen molar-refractivity contribution in [2.24, 2.45) is 0 Å². The highest BCUT2D eigenvalue weighted by Crippen LogP contribution is 2.57. The molecule has 3 heteroatoms. The SMILES string of the molecule is CC1(C)c2ccc(-c3ccccc3)cc2-c2c(Oc3ccccc3N(c3ccc4c(c3)oc3ccccc34)[C@@H]3C=CC=CC3)cc3ccccc3c21. The van der Waals surface area contributed by atoms with Crippen molar-refractivity contribution in [1.82, 2.24) is 0 Å². The van der Waals surface area contributed by atoms with E-state index in [0.29, 0.717) is 0 Å². The molecule has 1 atom stereocenters. The fraction of sp³-hybridized carbons (Fsp3) is 0.102. The Balaban J connectivity index is 1.16. The second-order valence-electron chi connectivity index (χ2n) is 14.4. The van der Waals surface area contributed by atoms with Crippen LogP contribution >= 0.6 is 0 Å². The van der Waals surface area contributed by atoms with Gasteiger partial charge >= 0.3 is 0 Å². The number of anilines is 2. The van der Waals surface area contributed by atoms with Crippen molar-refractivity contribution < 1.29 is 9.15 Å². The maximum absolute atomic E-state index is 7.28. The van der Waals surface area contributed by atoms with Gasteiger partial charge in [0.05, 0.1) is 11.7 Å². The highest BCUT2D eigenvalue weighted by molar-refractivity contribution is 6.06. The summed E-state index contributed by atoms with van der Waals surface area (Å²) < 4.78 is 13.7. The number of rotatable bonds is 6. The average Bonchev–Trinajstić information content (AvgIpc) is 3.68. The second kappa shape index (κ2) is 11.9. The van der Waals surface area contributed by atoms with Gasteiger partial charge in [-0.25, -0.2) is 0 Å². The van der Waals surface area contributed by atoms with Crippen LogP contribution in [0.4, 0.5) is 11.4 Å². The Bertz CT molecular complexity index is 2730. The molecule has 0 amide bonds. The highest BCUT2D eigenvalue weighted by Gasteiger charge is 2.39. The number of ether oxygens (including phenoxy) is 1. The van der Waals surface area contributed by atoms with Crippen molar-refractivity contribution in [1.29, 1.82) is 0 Å². The molecule has 3 nitrogen and oxygen atoms in total. The van der Waals surface area contributed by atoms with Crippen molar-refractivity contribution >= 4 is 44.1 Å². The molecule has 2 aliphatic carbocycles. The standard InChI is InChI=1S/C49H37NO2/c1-49(2)41-28-25-33(32-15-5-3-6-16-32)29-40(41)47-46(30-34-17-9-10-20-37(34)48(47)49)52-44-24-14-12-22-42(44)50(35-18-7-4-8-19-35)36-26-27-39-38-21-11-13-23-43(38)51-45(39)31-36/h3-18,20-31,35H,19H2,1-2H3/t35-/m1/s1. The van der Waals surface area contributed by atoms with Crippen molar-refractivity contribution in [3.8, 4) is 33.8 Å². The molecule has 1 heterocycles. The third-order valence-corrected chi connectivity index (χ3v) is 11.0. The van der Waals surface area contributed by atoms with Gasteiger partial charge in [0.2, 0.25) is 0 Å². The molecular weight excluding hydrogens is 635 g/mol. The van der Waals surface area contributed by atoms with E-state index in [1.807, 2.05) is 12.1 Å². The molecule has 0 unspecified atom stereocenters. The molecule has 8 aromatic rings. The first-order valence-electron chi connectivity index (χ1n) is 18.1. The van der Waals surface area contributed by atoms with E-state index in [9.17, 15) is 0 Å². The number of benzene rings is 7. The molecule has 0 saturated carbocycles.